The van der Waals surface area contributed by atoms with E-state index in [9.17, 15) is 4.79 Å². The van der Waals surface area contributed by atoms with Crippen LogP contribution in [0.2, 0.25) is 0 Å². The van der Waals surface area contributed by atoms with Gasteiger partial charge in [0.2, 0.25) is 5.91 Å². The van der Waals surface area contributed by atoms with Crippen LogP contribution in [0, 0.1) is 0 Å². The van der Waals surface area contributed by atoms with Gasteiger partial charge in [-0.3, -0.25) is 4.79 Å². The predicted molar refractivity (Wildman–Crippen MR) is 73.3 cm³/mol. The molecular weight excluding hydrogens is 224 g/mol. The summed E-state index contributed by atoms with van der Waals surface area (Å²) >= 11 is 0. The molecule has 0 aromatic heterocycles. The van der Waals surface area contributed by atoms with Crippen LogP contribution in [0.25, 0.3) is 0 Å². The van der Waals surface area contributed by atoms with Crippen LogP contribution < -0.4 is 5.73 Å². The van der Waals surface area contributed by atoms with Crippen molar-refractivity contribution < 1.29 is 4.79 Å². The van der Waals surface area contributed by atoms with Crippen molar-refractivity contribution in [2.45, 2.75) is 38.1 Å². The van der Waals surface area contributed by atoms with Crippen molar-refractivity contribution in [1.29, 1.82) is 0 Å². The third-order valence-electron chi connectivity index (χ3n) is 3.87. The smallest absolute Gasteiger partial charge is 0.231 e. The van der Waals surface area contributed by atoms with Crippen LogP contribution in [-0.2, 0) is 4.79 Å². The summed E-state index contributed by atoms with van der Waals surface area (Å²) in [6.45, 7) is 3.42. The summed E-state index contributed by atoms with van der Waals surface area (Å²) in [5.74, 6) is 0.0198. The molecule has 98 valence electrons. The molecule has 1 saturated heterocycles. The fourth-order valence-electron chi connectivity index (χ4n) is 2.82. The molecule has 0 spiro atoms. The van der Waals surface area contributed by atoms with E-state index in [2.05, 4.69) is 6.92 Å². The first-order chi connectivity index (χ1) is 8.77. The van der Waals surface area contributed by atoms with Crippen LogP contribution >= 0.6 is 0 Å². The van der Waals surface area contributed by atoms with Crippen LogP contribution in [-0.4, -0.2) is 29.9 Å². The molecule has 3 nitrogen and oxygen atoms in total. The van der Waals surface area contributed by atoms with Crippen molar-refractivity contribution >= 4 is 5.91 Å². The number of carbonyl (C=O) groups is 1. The lowest BCUT2D eigenvalue weighted by molar-refractivity contribution is -0.133. The van der Waals surface area contributed by atoms with Crippen LogP contribution in [0.3, 0.4) is 0 Å². The highest BCUT2D eigenvalue weighted by atomic mass is 16.2. The van der Waals surface area contributed by atoms with E-state index in [0.29, 0.717) is 12.6 Å². The van der Waals surface area contributed by atoms with Crippen LogP contribution in [0.15, 0.2) is 30.3 Å². The second-order valence-corrected chi connectivity index (χ2v) is 4.93. The Hall–Kier alpha value is -1.35. The maximum absolute atomic E-state index is 12.6. The highest BCUT2D eigenvalue weighted by Crippen LogP contribution is 2.25. The molecule has 0 saturated carbocycles. The number of rotatable bonds is 4. The van der Waals surface area contributed by atoms with E-state index in [0.717, 1.165) is 31.4 Å². The predicted octanol–water partition coefficient (Wildman–Crippen LogP) is 2.13. The minimum Gasteiger partial charge on any atom is -0.339 e. The van der Waals surface area contributed by atoms with E-state index in [-0.39, 0.29) is 11.8 Å². The Bertz CT molecular complexity index is 391. The van der Waals surface area contributed by atoms with Gasteiger partial charge in [0.1, 0.15) is 0 Å². The van der Waals surface area contributed by atoms with Gasteiger partial charge in [0.25, 0.3) is 0 Å². The first-order valence-corrected chi connectivity index (χ1v) is 6.83. The fraction of sp³-hybridized carbons (Fsp3) is 0.533. The molecule has 1 aromatic carbocycles. The zero-order valence-electron chi connectivity index (χ0n) is 11.0. The Morgan fingerprint density at radius 2 is 2.17 bits per heavy atom. The number of carbonyl (C=O) groups excluding carboxylic acids is 1. The van der Waals surface area contributed by atoms with E-state index < -0.39 is 0 Å². The SMILES string of the molecule is CCC1CCCN1C(=O)C(CN)c1ccccc1. The third kappa shape index (κ3) is 2.56. The molecule has 18 heavy (non-hydrogen) atoms. The number of nitrogens with zero attached hydrogens (tertiary/aromatic N) is 1. The van der Waals surface area contributed by atoms with Crippen LogP contribution in [0.5, 0.6) is 0 Å². The number of hydrogen-bond donors (Lipinski definition) is 1. The highest BCUT2D eigenvalue weighted by Gasteiger charge is 2.32. The average Bonchev–Trinajstić information content (AvgIpc) is 2.89. The number of hydrogen-bond acceptors (Lipinski definition) is 2. The monoisotopic (exact) mass is 246 g/mol. The Morgan fingerprint density at radius 1 is 1.44 bits per heavy atom. The van der Waals surface area contributed by atoms with Gasteiger partial charge in [0.05, 0.1) is 5.92 Å². The largest absolute Gasteiger partial charge is 0.339 e. The molecule has 1 heterocycles. The maximum atomic E-state index is 12.6. The Kier molecular flexibility index (Phi) is 4.37. The lowest BCUT2D eigenvalue weighted by atomic mass is 9.97. The lowest BCUT2D eigenvalue weighted by Gasteiger charge is -2.28. The van der Waals surface area contributed by atoms with Crippen molar-refractivity contribution in [3.05, 3.63) is 35.9 Å². The molecule has 0 aliphatic carbocycles. The fourth-order valence-corrected chi connectivity index (χ4v) is 2.82. The highest BCUT2D eigenvalue weighted by molar-refractivity contribution is 5.84. The van der Waals surface area contributed by atoms with Crippen LogP contribution in [0.1, 0.15) is 37.7 Å². The second-order valence-electron chi connectivity index (χ2n) is 4.93. The summed E-state index contributed by atoms with van der Waals surface area (Å²) in [7, 11) is 0. The molecular formula is C15H22N2O. The zero-order chi connectivity index (χ0) is 13.0. The molecule has 3 heteroatoms. The van der Waals surface area contributed by atoms with Crippen molar-refractivity contribution in [2.75, 3.05) is 13.1 Å². The van der Waals surface area contributed by atoms with Crippen molar-refractivity contribution in [3.8, 4) is 0 Å². The summed E-state index contributed by atoms with van der Waals surface area (Å²) in [5.41, 5.74) is 6.85. The van der Waals surface area contributed by atoms with Gasteiger partial charge >= 0.3 is 0 Å². The summed E-state index contributed by atoms with van der Waals surface area (Å²) in [6, 6.07) is 10.3. The van der Waals surface area contributed by atoms with Gasteiger partial charge in [-0.05, 0) is 24.8 Å². The minimum atomic E-state index is -0.182. The number of amides is 1. The molecule has 2 unspecified atom stereocenters. The van der Waals surface area contributed by atoms with E-state index >= 15 is 0 Å². The van der Waals surface area contributed by atoms with Gasteiger partial charge in [-0.2, -0.15) is 0 Å². The molecule has 0 radical (unpaired) electrons. The molecule has 1 amide bonds. The standard InChI is InChI=1S/C15H22N2O/c1-2-13-9-6-10-17(13)15(18)14(11-16)12-7-4-3-5-8-12/h3-5,7-8,13-14H,2,6,9-11,16H2,1H3. The van der Waals surface area contributed by atoms with Crippen molar-refractivity contribution in [3.63, 3.8) is 0 Å². The molecule has 1 aliphatic rings. The molecule has 1 aromatic rings. The van der Waals surface area contributed by atoms with Crippen molar-refractivity contribution in [1.82, 2.24) is 4.90 Å². The molecule has 1 aliphatic heterocycles. The van der Waals surface area contributed by atoms with Crippen molar-refractivity contribution in [2.24, 2.45) is 5.73 Å². The van der Waals surface area contributed by atoms with E-state index in [4.69, 9.17) is 5.73 Å². The van der Waals surface area contributed by atoms with Gasteiger partial charge in [-0.25, -0.2) is 0 Å². The summed E-state index contributed by atoms with van der Waals surface area (Å²) in [5, 5.41) is 0. The molecule has 0 bridgehead atoms. The van der Waals surface area contributed by atoms with E-state index in [1.165, 1.54) is 0 Å². The Labute approximate surface area is 109 Å². The summed E-state index contributed by atoms with van der Waals surface area (Å²) < 4.78 is 0. The summed E-state index contributed by atoms with van der Waals surface area (Å²) in [6.07, 6.45) is 3.29. The lowest BCUT2D eigenvalue weighted by Crippen LogP contribution is -2.40. The molecule has 2 rings (SSSR count). The average molecular weight is 246 g/mol. The molecule has 2 atom stereocenters. The first kappa shape index (κ1) is 13.1. The van der Waals surface area contributed by atoms with Gasteiger partial charge < -0.3 is 10.6 Å². The molecule has 2 N–H and O–H groups in total. The number of likely N-dealkylation sites (tertiary alicyclic amines) is 1. The first-order valence-electron chi connectivity index (χ1n) is 6.83. The normalized spacial score (nSPS) is 21.0. The van der Waals surface area contributed by atoms with Gasteiger partial charge in [-0.1, -0.05) is 37.3 Å². The number of nitrogens with two attached hydrogens (primary N) is 1. The van der Waals surface area contributed by atoms with Gasteiger partial charge in [-0.15, -0.1) is 0 Å². The maximum Gasteiger partial charge on any atom is 0.231 e. The second kappa shape index (κ2) is 6.01. The topological polar surface area (TPSA) is 46.3 Å². The molecule has 1 fully saturated rings. The third-order valence-corrected chi connectivity index (χ3v) is 3.87. The van der Waals surface area contributed by atoms with E-state index in [1.54, 1.807) is 0 Å². The van der Waals surface area contributed by atoms with Gasteiger partial charge in [0.15, 0.2) is 0 Å². The van der Waals surface area contributed by atoms with E-state index in [1.807, 2.05) is 35.2 Å². The zero-order valence-corrected chi connectivity index (χ0v) is 11.0. The van der Waals surface area contributed by atoms with Crippen LogP contribution in [0.4, 0.5) is 0 Å². The quantitative estimate of drug-likeness (QED) is 0.884. The Morgan fingerprint density at radius 3 is 2.78 bits per heavy atom. The van der Waals surface area contributed by atoms with Gasteiger partial charge in [0, 0.05) is 19.1 Å². The minimum absolute atomic E-state index is 0.182. The number of benzene rings is 1. The Balaban J connectivity index is 2.15. The summed E-state index contributed by atoms with van der Waals surface area (Å²) in [4.78, 5) is 14.6.